The van der Waals surface area contributed by atoms with Crippen molar-refractivity contribution >= 4 is 37.9 Å². The largest absolute Gasteiger partial charge is 0.506 e. The number of nitrogens with one attached hydrogen (secondary N) is 1. The van der Waals surface area contributed by atoms with Gasteiger partial charge in [0, 0.05) is 11.5 Å². The number of phenolic OH excluding ortho intramolecular Hbond substituents is 1. The highest BCUT2D eigenvalue weighted by molar-refractivity contribution is 7.92. The van der Waals surface area contributed by atoms with Crippen molar-refractivity contribution in [1.29, 1.82) is 0 Å². The van der Waals surface area contributed by atoms with Gasteiger partial charge < -0.3 is 9.84 Å². The van der Waals surface area contributed by atoms with E-state index in [9.17, 15) is 13.5 Å². The Morgan fingerprint density at radius 1 is 0.688 bits per heavy atom. The van der Waals surface area contributed by atoms with Crippen LogP contribution in [0, 0.1) is 13.8 Å². The monoisotopic (exact) mass is 671 g/mol. The van der Waals surface area contributed by atoms with E-state index in [0.29, 0.717) is 23.6 Å². The van der Waals surface area contributed by atoms with Crippen molar-refractivity contribution in [2.75, 3.05) is 11.3 Å². The first-order valence-corrected chi connectivity index (χ1v) is 19.3. The molecule has 0 aliphatic heterocycles. The third kappa shape index (κ3) is 11.4. The van der Waals surface area contributed by atoms with Crippen LogP contribution in [0.25, 0.3) is 10.8 Å². The summed E-state index contributed by atoms with van der Waals surface area (Å²) in [5.74, 6) is 0.402. The summed E-state index contributed by atoms with van der Waals surface area (Å²) in [6.07, 6.45) is 18.1. The molecular weight excluding hydrogens is 619 g/mol. The van der Waals surface area contributed by atoms with Gasteiger partial charge in [0.05, 0.1) is 28.6 Å². The maximum absolute atomic E-state index is 13.4. The number of azo groups is 1. The molecule has 0 unspecified atom stereocenters. The van der Waals surface area contributed by atoms with E-state index >= 15 is 0 Å². The number of aromatic hydroxyl groups is 1. The number of fused-ring (bicyclic) bond motifs is 1. The number of unbranched alkanes of at least 4 members (excludes halogenated alkanes) is 13. The van der Waals surface area contributed by atoms with Gasteiger partial charge >= 0.3 is 0 Å². The van der Waals surface area contributed by atoms with Gasteiger partial charge in [-0.05, 0) is 67.1 Å². The molecule has 48 heavy (non-hydrogen) atoms. The lowest BCUT2D eigenvalue weighted by molar-refractivity contribution is 0.302. The number of aryl methyl sites for hydroxylation is 2. The van der Waals surface area contributed by atoms with Crippen molar-refractivity contribution in [3.63, 3.8) is 0 Å². The van der Waals surface area contributed by atoms with Crippen molar-refractivity contribution < 1.29 is 18.3 Å². The van der Waals surface area contributed by atoms with Crippen LogP contribution in [-0.2, 0) is 10.0 Å². The second-order valence-electron chi connectivity index (χ2n) is 12.8. The van der Waals surface area contributed by atoms with E-state index in [-0.39, 0.29) is 16.3 Å². The summed E-state index contributed by atoms with van der Waals surface area (Å²) in [7, 11) is -4.00. The number of anilines is 1. The molecule has 4 aromatic carbocycles. The Kier molecular flexibility index (Phi) is 14.8. The van der Waals surface area contributed by atoms with E-state index in [4.69, 9.17) is 4.74 Å². The molecule has 0 heterocycles. The molecule has 0 aliphatic rings. The number of nitrogens with zero attached hydrogens (tertiary/aromatic N) is 2. The molecule has 0 radical (unpaired) electrons. The lowest BCUT2D eigenvalue weighted by Crippen LogP contribution is -2.14. The van der Waals surface area contributed by atoms with Gasteiger partial charge in [0.2, 0.25) is 0 Å². The van der Waals surface area contributed by atoms with Crippen LogP contribution in [-0.4, -0.2) is 20.1 Å². The molecule has 0 aromatic heterocycles. The molecule has 2 N–H and O–H groups in total. The van der Waals surface area contributed by atoms with Gasteiger partial charge in [-0.1, -0.05) is 127 Å². The fourth-order valence-corrected chi connectivity index (χ4v) is 7.29. The van der Waals surface area contributed by atoms with Crippen LogP contribution in [0.4, 0.5) is 17.1 Å². The van der Waals surface area contributed by atoms with E-state index in [1.54, 1.807) is 25.1 Å². The van der Waals surface area contributed by atoms with E-state index in [1.165, 1.54) is 89.2 Å². The summed E-state index contributed by atoms with van der Waals surface area (Å²) in [4.78, 5) is 0.0939. The van der Waals surface area contributed by atoms with Gasteiger partial charge in [-0.25, -0.2) is 8.42 Å². The first-order chi connectivity index (χ1) is 23.3. The summed E-state index contributed by atoms with van der Waals surface area (Å²) in [6.45, 7) is 6.37. The third-order valence-electron chi connectivity index (χ3n) is 8.78. The van der Waals surface area contributed by atoms with E-state index in [1.807, 2.05) is 49.4 Å². The van der Waals surface area contributed by atoms with E-state index < -0.39 is 10.0 Å². The highest BCUT2D eigenvalue weighted by Gasteiger charge is 2.20. The third-order valence-corrected chi connectivity index (χ3v) is 10.3. The predicted octanol–water partition coefficient (Wildman–Crippen LogP) is 12.2. The van der Waals surface area contributed by atoms with Crippen molar-refractivity contribution in [3.05, 3.63) is 83.9 Å². The summed E-state index contributed by atoms with van der Waals surface area (Å²) >= 11 is 0. The fraction of sp³-hybridized carbons (Fsp3) is 0.450. The molecular formula is C40H53N3O4S. The van der Waals surface area contributed by atoms with Crippen molar-refractivity contribution in [2.45, 2.75) is 116 Å². The van der Waals surface area contributed by atoms with E-state index in [0.717, 1.165) is 34.9 Å². The molecule has 0 bridgehead atoms. The SMILES string of the molecule is CCCCCCCCCCCCCCCCOc1cc(NS(=O)(=O)c2ccc(N=Nc3cccc4ccccc34)cc2C)c(O)cc1C. The van der Waals surface area contributed by atoms with Crippen LogP contribution in [0.3, 0.4) is 0 Å². The van der Waals surface area contributed by atoms with Gasteiger partial charge in [0.15, 0.2) is 0 Å². The van der Waals surface area contributed by atoms with Crippen LogP contribution >= 0.6 is 0 Å². The quantitative estimate of drug-likeness (QED) is 0.0523. The molecule has 0 atom stereocenters. The number of rotatable bonds is 21. The average Bonchev–Trinajstić information content (AvgIpc) is 3.07. The zero-order valence-corrected chi connectivity index (χ0v) is 29.8. The van der Waals surface area contributed by atoms with Crippen molar-refractivity contribution in [1.82, 2.24) is 0 Å². The van der Waals surface area contributed by atoms with Crippen LogP contribution < -0.4 is 9.46 Å². The number of sulfonamides is 1. The first kappa shape index (κ1) is 36.9. The van der Waals surface area contributed by atoms with Gasteiger partial charge in [0.1, 0.15) is 11.5 Å². The highest BCUT2D eigenvalue weighted by Crippen LogP contribution is 2.35. The normalized spacial score (nSPS) is 11.8. The molecule has 0 amide bonds. The number of ether oxygens (including phenoxy) is 1. The minimum absolute atomic E-state index is 0.0793. The second-order valence-corrected chi connectivity index (χ2v) is 14.5. The van der Waals surface area contributed by atoms with Crippen LogP contribution in [0.15, 0.2) is 87.9 Å². The van der Waals surface area contributed by atoms with Gasteiger partial charge in [-0.15, -0.1) is 5.11 Å². The van der Waals surface area contributed by atoms with Crippen LogP contribution in [0.1, 0.15) is 108 Å². The molecule has 0 aliphatic carbocycles. The van der Waals surface area contributed by atoms with Crippen molar-refractivity contribution in [2.24, 2.45) is 10.2 Å². The van der Waals surface area contributed by atoms with Gasteiger partial charge in [-0.3, -0.25) is 4.72 Å². The zero-order valence-electron chi connectivity index (χ0n) is 29.0. The Morgan fingerprint density at radius 3 is 1.98 bits per heavy atom. The molecule has 0 spiro atoms. The summed E-state index contributed by atoms with van der Waals surface area (Å²) < 4.78 is 35.4. The van der Waals surface area contributed by atoms with Crippen LogP contribution in [0.2, 0.25) is 0 Å². The molecule has 4 aromatic rings. The van der Waals surface area contributed by atoms with Gasteiger partial charge in [-0.2, -0.15) is 5.11 Å². The lowest BCUT2D eigenvalue weighted by Gasteiger charge is -2.15. The molecule has 8 heteroatoms. The standard InChI is InChI=1S/C40H53N3O4S/c1-4-5-6-7-8-9-10-11-12-13-14-15-16-19-27-47-39-30-37(38(44)29-31(39)2)43-48(45,46)40-26-25-34(28-32(40)3)41-42-36-24-20-22-33-21-17-18-23-35(33)36/h17-18,20-26,28-30,43-44H,4-16,19,27H2,1-3H3. The van der Waals surface area contributed by atoms with Gasteiger partial charge in [0.25, 0.3) is 10.0 Å². The van der Waals surface area contributed by atoms with Crippen molar-refractivity contribution in [3.8, 4) is 11.5 Å². The van der Waals surface area contributed by atoms with E-state index in [2.05, 4.69) is 21.9 Å². The second kappa shape index (κ2) is 19.2. The summed E-state index contributed by atoms with van der Waals surface area (Å²) in [5, 5.41) is 21.4. The molecule has 4 rings (SSSR count). The maximum atomic E-state index is 13.4. The number of hydrogen-bond acceptors (Lipinski definition) is 6. The Morgan fingerprint density at radius 2 is 1.31 bits per heavy atom. The first-order valence-electron chi connectivity index (χ1n) is 17.8. The fourth-order valence-electron chi connectivity index (χ4n) is 5.99. The minimum Gasteiger partial charge on any atom is -0.506 e. The number of benzene rings is 4. The molecule has 0 saturated carbocycles. The Hall–Kier alpha value is -3.91. The number of hydrogen-bond donors (Lipinski definition) is 2. The number of phenols is 1. The Labute approximate surface area is 287 Å². The topological polar surface area (TPSA) is 100 Å². The molecule has 0 saturated heterocycles. The maximum Gasteiger partial charge on any atom is 0.262 e. The highest BCUT2D eigenvalue weighted by atomic mass is 32.2. The minimum atomic E-state index is -4.00. The summed E-state index contributed by atoms with van der Waals surface area (Å²) in [5.41, 5.74) is 2.62. The smallest absolute Gasteiger partial charge is 0.262 e. The molecule has 0 fully saturated rings. The Balaban J connectivity index is 1.24. The predicted molar refractivity (Wildman–Crippen MR) is 199 cm³/mol. The summed E-state index contributed by atoms with van der Waals surface area (Å²) in [6, 6.07) is 21.7. The molecule has 258 valence electrons. The lowest BCUT2D eigenvalue weighted by atomic mass is 10.0. The Bertz CT molecular complexity index is 1730. The molecule has 7 nitrogen and oxygen atoms in total. The average molecular weight is 672 g/mol. The zero-order chi connectivity index (χ0) is 34.2. The van der Waals surface area contributed by atoms with Crippen LogP contribution in [0.5, 0.6) is 11.5 Å².